The van der Waals surface area contributed by atoms with E-state index < -0.39 is 5.82 Å². The quantitative estimate of drug-likeness (QED) is 0.573. The van der Waals surface area contributed by atoms with Crippen LogP contribution in [0, 0.1) is 5.82 Å². The van der Waals surface area contributed by atoms with Crippen molar-refractivity contribution in [3.05, 3.63) is 44.5 Å². The Kier molecular flexibility index (Phi) is 5.18. The smallest absolute Gasteiger partial charge is 0.160 e. The molecule has 0 aliphatic carbocycles. The van der Waals surface area contributed by atoms with Crippen molar-refractivity contribution in [3.63, 3.8) is 0 Å². The Hall–Kier alpha value is -0.910. The predicted octanol–water partition coefficient (Wildman–Crippen LogP) is 5.38. The van der Waals surface area contributed by atoms with Gasteiger partial charge in [0.15, 0.2) is 5.82 Å². The second-order valence-electron chi connectivity index (χ2n) is 4.12. The van der Waals surface area contributed by atoms with Gasteiger partial charge in [0.2, 0.25) is 0 Å². The zero-order valence-corrected chi connectivity index (χ0v) is 13.7. The van der Waals surface area contributed by atoms with E-state index >= 15 is 0 Å². The number of aryl methyl sites for hydroxylation is 1. The molecule has 0 radical (unpaired) electrons. The van der Waals surface area contributed by atoms with E-state index in [1.165, 1.54) is 12.1 Å². The third kappa shape index (κ3) is 3.81. The van der Waals surface area contributed by atoms with E-state index in [-0.39, 0.29) is 10.0 Å². The molecule has 3 nitrogen and oxygen atoms in total. The zero-order chi connectivity index (χ0) is 14.7. The van der Waals surface area contributed by atoms with E-state index in [1.807, 2.05) is 0 Å². The normalized spacial score (nSPS) is 10.7. The Morgan fingerprint density at radius 1 is 1.20 bits per heavy atom. The molecule has 0 bridgehead atoms. The van der Waals surface area contributed by atoms with Gasteiger partial charge >= 0.3 is 0 Å². The van der Waals surface area contributed by atoms with Crippen LogP contribution in [0.1, 0.15) is 19.2 Å². The number of rotatable bonds is 4. The number of hydrogen-bond acceptors (Lipinski definition) is 3. The number of halogens is 4. The largest absolute Gasteiger partial charge is 0.340 e. The lowest BCUT2D eigenvalue weighted by Gasteiger charge is -2.09. The van der Waals surface area contributed by atoms with Crippen molar-refractivity contribution < 1.29 is 4.39 Å². The molecule has 1 aromatic heterocycles. The first-order valence-corrected chi connectivity index (χ1v) is 7.49. The minimum absolute atomic E-state index is 0.0399. The van der Waals surface area contributed by atoms with E-state index in [2.05, 4.69) is 38.1 Å². The van der Waals surface area contributed by atoms with Crippen LogP contribution in [0.5, 0.6) is 0 Å². The fourth-order valence-electron chi connectivity index (χ4n) is 1.64. The topological polar surface area (TPSA) is 37.8 Å². The van der Waals surface area contributed by atoms with Gasteiger partial charge in [-0.1, -0.05) is 30.1 Å². The van der Waals surface area contributed by atoms with Crippen molar-refractivity contribution in [1.82, 2.24) is 9.97 Å². The number of nitrogens with zero attached hydrogens (tertiary/aromatic N) is 2. The highest BCUT2D eigenvalue weighted by molar-refractivity contribution is 9.10. The molecule has 20 heavy (non-hydrogen) atoms. The average Bonchev–Trinajstić information content (AvgIpc) is 2.35. The van der Waals surface area contributed by atoms with Crippen molar-refractivity contribution in [2.45, 2.75) is 19.8 Å². The van der Waals surface area contributed by atoms with Crippen molar-refractivity contribution >= 4 is 50.6 Å². The minimum Gasteiger partial charge on any atom is -0.340 e. The molecule has 0 saturated carbocycles. The highest BCUT2D eigenvalue weighted by atomic mass is 79.9. The number of anilines is 2. The van der Waals surface area contributed by atoms with Crippen LogP contribution in [-0.2, 0) is 6.42 Å². The first-order chi connectivity index (χ1) is 9.49. The van der Waals surface area contributed by atoms with Gasteiger partial charge in [-0.3, -0.25) is 0 Å². The Labute approximate surface area is 134 Å². The van der Waals surface area contributed by atoms with Crippen molar-refractivity contribution in [1.29, 1.82) is 0 Å². The lowest BCUT2D eigenvalue weighted by atomic mass is 10.3. The van der Waals surface area contributed by atoms with Gasteiger partial charge < -0.3 is 5.32 Å². The SMILES string of the molecule is CCCc1nc(Br)cc(Nc2cc(Cl)c(F)c(Cl)c2)n1. The van der Waals surface area contributed by atoms with E-state index in [0.29, 0.717) is 16.1 Å². The summed E-state index contributed by atoms with van der Waals surface area (Å²) < 4.78 is 14.0. The lowest BCUT2D eigenvalue weighted by molar-refractivity contribution is 0.629. The molecular weight excluding hydrogens is 368 g/mol. The summed E-state index contributed by atoms with van der Waals surface area (Å²) in [5, 5.41) is 2.96. The molecule has 1 N–H and O–H groups in total. The van der Waals surface area contributed by atoms with Crippen LogP contribution in [0.2, 0.25) is 10.0 Å². The molecule has 0 spiro atoms. The number of hydrogen-bond donors (Lipinski definition) is 1. The number of nitrogens with one attached hydrogen (secondary N) is 1. The van der Waals surface area contributed by atoms with Crippen LogP contribution in [-0.4, -0.2) is 9.97 Å². The van der Waals surface area contributed by atoms with Gasteiger partial charge in [0.1, 0.15) is 16.2 Å². The summed E-state index contributed by atoms with van der Waals surface area (Å²) >= 11 is 14.8. The molecule has 2 aromatic rings. The molecule has 0 unspecified atom stereocenters. The number of aromatic nitrogens is 2. The molecule has 0 aliphatic heterocycles. The summed E-state index contributed by atoms with van der Waals surface area (Å²) in [5.74, 6) is 0.687. The second kappa shape index (κ2) is 6.70. The monoisotopic (exact) mass is 377 g/mol. The lowest BCUT2D eigenvalue weighted by Crippen LogP contribution is -2.01. The highest BCUT2D eigenvalue weighted by Gasteiger charge is 2.09. The van der Waals surface area contributed by atoms with Crippen molar-refractivity contribution in [2.24, 2.45) is 0 Å². The van der Waals surface area contributed by atoms with Gasteiger partial charge in [-0.2, -0.15) is 0 Å². The van der Waals surface area contributed by atoms with Crippen LogP contribution in [0.25, 0.3) is 0 Å². The van der Waals surface area contributed by atoms with E-state index in [0.717, 1.165) is 18.7 Å². The Morgan fingerprint density at radius 2 is 1.85 bits per heavy atom. The molecule has 1 heterocycles. The maximum absolute atomic E-state index is 13.4. The maximum Gasteiger partial charge on any atom is 0.160 e. The Balaban J connectivity index is 2.30. The fourth-order valence-corrected chi connectivity index (χ4v) is 2.55. The maximum atomic E-state index is 13.4. The highest BCUT2D eigenvalue weighted by Crippen LogP contribution is 2.29. The molecule has 0 fully saturated rings. The predicted molar refractivity (Wildman–Crippen MR) is 83.4 cm³/mol. The molecular formula is C13H11BrCl2FN3. The van der Waals surface area contributed by atoms with E-state index in [4.69, 9.17) is 23.2 Å². The molecule has 7 heteroatoms. The summed E-state index contributed by atoms with van der Waals surface area (Å²) in [6, 6.07) is 4.64. The Morgan fingerprint density at radius 3 is 2.45 bits per heavy atom. The fraction of sp³-hybridized carbons (Fsp3) is 0.231. The van der Waals surface area contributed by atoms with Gasteiger partial charge in [-0.05, 0) is 34.5 Å². The van der Waals surface area contributed by atoms with Gasteiger partial charge in [-0.25, -0.2) is 14.4 Å². The molecule has 2 rings (SSSR count). The van der Waals surface area contributed by atoms with Crippen molar-refractivity contribution in [3.8, 4) is 0 Å². The zero-order valence-electron chi connectivity index (χ0n) is 10.6. The third-order valence-electron chi connectivity index (χ3n) is 2.47. The van der Waals surface area contributed by atoms with Crippen LogP contribution < -0.4 is 5.32 Å². The van der Waals surface area contributed by atoms with Gasteiger partial charge in [0.25, 0.3) is 0 Å². The summed E-state index contributed by atoms with van der Waals surface area (Å²) in [4.78, 5) is 8.64. The van der Waals surface area contributed by atoms with Crippen LogP contribution in [0.15, 0.2) is 22.8 Å². The van der Waals surface area contributed by atoms with Gasteiger partial charge in [0.05, 0.1) is 10.0 Å². The van der Waals surface area contributed by atoms with Crippen LogP contribution in [0.4, 0.5) is 15.9 Å². The first-order valence-electron chi connectivity index (χ1n) is 5.94. The summed E-state index contributed by atoms with van der Waals surface area (Å²) in [5.41, 5.74) is 0.564. The summed E-state index contributed by atoms with van der Waals surface area (Å²) in [7, 11) is 0. The molecule has 0 saturated heterocycles. The van der Waals surface area contributed by atoms with Crippen LogP contribution in [0.3, 0.4) is 0 Å². The molecule has 0 amide bonds. The molecule has 106 valence electrons. The van der Waals surface area contributed by atoms with Crippen LogP contribution >= 0.6 is 39.1 Å². The number of benzene rings is 1. The second-order valence-corrected chi connectivity index (χ2v) is 5.75. The average molecular weight is 379 g/mol. The standard InChI is InChI=1S/C13H11BrCl2FN3/c1-2-3-11-19-10(14)6-12(20-11)18-7-4-8(15)13(17)9(16)5-7/h4-6H,2-3H2,1H3,(H,18,19,20). The first kappa shape index (κ1) is 15.5. The minimum atomic E-state index is -0.630. The van der Waals surface area contributed by atoms with Crippen molar-refractivity contribution in [2.75, 3.05) is 5.32 Å². The molecule has 0 atom stereocenters. The van der Waals surface area contributed by atoms with E-state index in [1.54, 1.807) is 6.07 Å². The van der Waals surface area contributed by atoms with Gasteiger partial charge in [-0.15, -0.1) is 0 Å². The Bertz CT molecular complexity index is 614. The molecule has 0 aliphatic rings. The summed E-state index contributed by atoms with van der Waals surface area (Å²) in [6.07, 6.45) is 1.73. The summed E-state index contributed by atoms with van der Waals surface area (Å²) in [6.45, 7) is 2.05. The molecule has 1 aromatic carbocycles. The van der Waals surface area contributed by atoms with E-state index in [9.17, 15) is 4.39 Å². The van der Waals surface area contributed by atoms with Gasteiger partial charge in [0, 0.05) is 18.2 Å². The third-order valence-corrected chi connectivity index (χ3v) is 3.43.